The molecule has 1 aromatic carbocycles. The maximum atomic E-state index is 4.26. The molecule has 18 heavy (non-hydrogen) atoms. The van der Waals surface area contributed by atoms with Crippen LogP contribution >= 0.6 is 15.9 Å². The number of pyridine rings is 1. The third-order valence-electron chi connectivity index (χ3n) is 2.49. The lowest BCUT2D eigenvalue weighted by Gasteiger charge is -2.07. The number of rotatable bonds is 6. The highest BCUT2D eigenvalue weighted by molar-refractivity contribution is 9.10. The van der Waals surface area contributed by atoms with Crippen molar-refractivity contribution in [1.29, 1.82) is 0 Å². The molecule has 0 radical (unpaired) electrons. The number of aromatic nitrogens is 1. The average molecular weight is 306 g/mol. The minimum Gasteiger partial charge on any atom is -0.385 e. The highest BCUT2D eigenvalue weighted by Crippen LogP contribution is 2.10. The van der Waals surface area contributed by atoms with Crippen molar-refractivity contribution in [2.75, 3.05) is 23.7 Å². The normalized spacial score (nSPS) is 10.1. The molecule has 2 N–H and O–H groups in total. The molecule has 1 aromatic heterocycles. The summed E-state index contributed by atoms with van der Waals surface area (Å²) in [6.45, 7) is 1.86. The van der Waals surface area contributed by atoms with Gasteiger partial charge in [0, 0.05) is 29.4 Å². The fraction of sp³-hybridized carbons (Fsp3) is 0.214. The lowest BCUT2D eigenvalue weighted by atomic mass is 10.3. The largest absolute Gasteiger partial charge is 0.385 e. The van der Waals surface area contributed by atoms with Crippen LogP contribution in [0.3, 0.4) is 0 Å². The summed E-state index contributed by atoms with van der Waals surface area (Å²) in [6.07, 6.45) is 2.84. The van der Waals surface area contributed by atoms with Crippen molar-refractivity contribution in [3.05, 3.63) is 53.1 Å². The van der Waals surface area contributed by atoms with E-state index in [1.54, 1.807) is 6.20 Å². The zero-order valence-electron chi connectivity index (χ0n) is 10.1. The lowest BCUT2D eigenvalue weighted by molar-refractivity contribution is 0.904. The van der Waals surface area contributed by atoms with Gasteiger partial charge >= 0.3 is 0 Å². The van der Waals surface area contributed by atoms with E-state index in [1.165, 1.54) is 5.69 Å². The van der Waals surface area contributed by atoms with Gasteiger partial charge in [-0.25, -0.2) is 4.98 Å². The molecule has 0 aliphatic carbocycles. The van der Waals surface area contributed by atoms with E-state index < -0.39 is 0 Å². The van der Waals surface area contributed by atoms with Crippen LogP contribution in [0.4, 0.5) is 11.5 Å². The van der Waals surface area contributed by atoms with E-state index >= 15 is 0 Å². The Morgan fingerprint density at radius 2 is 1.72 bits per heavy atom. The van der Waals surface area contributed by atoms with Gasteiger partial charge in [-0.3, -0.25) is 0 Å². The Bertz CT molecular complexity index is 456. The van der Waals surface area contributed by atoms with Crippen LogP contribution in [-0.4, -0.2) is 18.1 Å². The van der Waals surface area contributed by atoms with Crippen molar-refractivity contribution in [3.8, 4) is 0 Å². The summed E-state index contributed by atoms with van der Waals surface area (Å²) in [5.74, 6) is 0.915. The number of hydrogen-bond donors (Lipinski definition) is 2. The summed E-state index contributed by atoms with van der Waals surface area (Å²) in [5, 5.41) is 6.66. The number of para-hydroxylation sites is 1. The Kier molecular flexibility index (Phi) is 5.02. The highest BCUT2D eigenvalue weighted by Gasteiger charge is 1.93. The van der Waals surface area contributed by atoms with Crippen molar-refractivity contribution in [3.63, 3.8) is 0 Å². The third kappa shape index (κ3) is 4.37. The molecule has 0 atom stereocenters. The topological polar surface area (TPSA) is 37.0 Å². The van der Waals surface area contributed by atoms with E-state index in [9.17, 15) is 0 Å². The van der Waals surface area contributed by atoms with Gasteiger partial charge in [-0.05, 0) is 46.6 Å². The summed E-state index contributed by atoms with van der Waals surface area (Å²) in [6, 6.07) is 14.2. The van der Waals surface area contributed by atoms with Gasteiger partial charge in [0.15, 0.2) is 0 Å². The summed E-state index contributed by atoms with van der Waals surface area (Å²) in [4.78, 5) is 4.26. The Morgan fingerprint density at radius 3 is 2.44 bits per heavy atom. The summed E-state index contributed by atoms with van der Waals surface area (Å²) < 4.78 is 0.999. The first-order chi connectivity index (χ1) is 8.84. The van der Waals surface area contributed by atoms with Gasteiger partial charge in [0.05, 0.1) is 0 Å². The SMILES string of the molecule is Brc1ccc(NCCCNc2ccccc2)nc1. The smallest absolute Gasteiger partial charge is 0.125 e. The fourth-order valence-corrected chi connectivity index (χ4v) is 1.81. The summed E-state index contributed by atoms with van der Waals surface area (Å²) in [7, 11) is 0. The van der Waals surface area contributed by atoms with Gasteiger partial charge in [-0.2, -0.15) is 0 Å². The molecule has 0 aliphatic rings. The zero-order valence-corrected chi connectivity index (χ0v) is 11.7. The van der Waals surface area contributed by atoms with Crippen LogP contribution in [0.1, 0.15) is 6.42 Å². The standard InChI is InChI=1S/C14H16BrN3/c15-12-7-8-14(18-11-12)17-10-4-9-16-13-5-2-1-3-6-13/h1-3,5-8,11,16H,4,9-10H2,(H,17,18). The summed E-state index contributed by atoms with van der Waals surface area (Å²) >= 11 is 3.36. The van der Waals surface area contributed by atoms with Gasteiger partial charge in [0.1, 0.15) is 5.82 Å². The molecule has 4 heteroatoms. The molecule has 0 aliphatic heterocycles. The van der Waals surface area contributed by atoms with Crippen LogP contribution in [0.25, 0.3) is 0 Å². The number of hydrogen-bond acceptors (Lipinski definition) is 3. The highest BCUT2D eigenvalue weighted by atomic mass is 79.9. The molecule has 0 bridgehead atoms. The number of nitrogens with zero attached hydrogens (tertiary/aromatic N) is 1. The maximum Gasteiger partial charge on any atom is 0.125 e. The van der Waals surface area contributed by atoms with E-state index in [2.05, 4.69) is 43.7 Å². The molecular weight excluding hydrogens is 290 g/mol. The Hall–Kier alpha value is -1.55. The minimum absolute atomic E-state index is 0.911. The minimum atomic E-state index is 0.911. The molecule has 1 heterocycles. The van der Waals surface area contributed by atoms with E-state index in [1.807, 2.05) is 30.3 Å². The predicted octanol–water partition coefficient (Wildman–Crippen LogP) is 3.76. The molecule has 0 saturated carbocycles. The second-order valence-corrected chi connectivity index (χ2v) is 4.85. The average Bonchev–Trinajstić information content (AvgIpc) is 2.42. The first kappa shape index (κ1) is 12.9. The van der Waals surface area contributed by atoms with E-state index in [4.69, 9.17) is 0 Å². The van der Waals surface area contributed by atoms with Crippen molar-refractivity contribution in [2.24, 2.45) is 0 Å². The first-order valence-electron chi connectivity index (χ1n) is 5.99. The number of benzene rings is 1. The van der Waals surface area contributed by atoms with E-state index in [0.29, 0.717) is 0 Å². The monoisotopic (exact) mass is 305 g/mol. The van der Waals surface area contributed by atoms with Crippen LogP contribution < -0.4 is 10.6 Å². The molecule has 0 unspecified atom stereocenters. The Morgan fingerprint density at radius 1 is 0.944 bits per heavy atom. The molecule has 0 spiro atoms. The van der Waals surface area contributed by atoms with Crippen LogP contribution in [0.2, 0.25) is 0 Å². The van der Waals surface area contributed by atoms with Crippen molar-refractivity contribution in [2.45, 2.75) is 6.42 Å². The second kappa shape index (κ2) is 7.01. The van der Waals surface area contributed by atoms with Crippen LogP contribution in [0.5, 0.6) is 0 Å². The van der Waals surface area contributed by atoms with Gasteiger partial charge < -0.3 is 10.6 Å². The van der Waals surface area contributed by atoms with Gasteiger partial charge in [-0.1, -0.05) is 18.2 Å². The first-order valence-corrected chi connectivity index (χ1v) is 6.78. The fourth-order valence-electron chi connectivity index (χ4n) is 1.57. The van der Waals surface area contributed by atoms with Crippen LogP contribution in [-0.2, 0) is 0 Å². The molecule has 0 amide bonds. The van der Waals surface area contributed by atoms with Crippen LogP contribution in [0, 0.1) is 0 Å². The molecule has 94 valence electrons. The number of halogens is 1. The molecule has 0 fully saturated rings. The predicted molar refractivity (Wildman–Crippen MR) is 80.0 cm³/mol. The second-order valence-electron chi connectivity index (χ2n) is 3.93. The van der Waals surface area contributed by atoms with Gasteiger partial charge in [0.25, 0.3) is 0 Å². The molecule has 2 aromatic rings. The van der Waals surface area contributed by atoms with Gasteiger partial charge in [0.2, 0.25) is 0 Å². The van der Waals surface area contributed by atoms with Crippen LogP contribution in [0.15, 0.2) is 53.1 Å². The molecular formula is C14H16BrN3. The lowest BCUT2D eigenvalue weighted by Crippen LogP contribution is -2.09. The van der Waals surface area contributed by atoms with Crippen molar-refractivity contribution in [1.82, 2.24) is 4.98 Å². The van der Waals surface area contributed by atoms with E-state index in [0.717, 1.165) is 29.8 Å². The molecule has 2 rings (SSSR count). The molecule has 3 nitrogen and oxygen atoms in total. The summed E-state index contributed by atoms with van der Waals surface area (Å²) in [5.41, 5.74) is 1.17. The van der Waals surface area contributed by atoms with Crippen molar-refractivity contribution >= 4 is 27.4 Å². The Balaban J connectivity index is 1.63. The Labute approximate surface area is 116 Å². The van der Waals surface area contributed by atoms with Gasteiger partial charge in [-0.15, -0.1) is 0 Å². The quantitative estimate of drug-likeness (QED) is 0.798. The number of anilines is 2. The zero-order chi connectivity index (χ0) is 12.6. The molecule has 0 saturated heterocycles. The van der Waals surface area contributed by atoms with E-state index in [-0.39, 0.29) is 0 Å². The third-order valence-corrected chi connectivity index (χ3v) is 2.96. The number of nitrogens with one attached hydrogen (secondary N) is 2. The van der Waals surface area contributed by atoms with Crippen molar-refractivity contribution < 1.29 is 0 Å². The maximum absolute atomic E-state index is 4.26.